The third-order valence-electron chi connectivity index (χ3n) is 3.98. The molecular weight excluding hydrogens is 354 g/mol. The summed E-state index contributed by atoms with van der Waals surface area (Å²) in [6, 6.07) is 18.1. The van der Waals surface area contributed by atoms with Crippen LogP contribution in [-0.2, 0) is 4.79 Å². The van der Waals surface area contributed by atoms with Gasteiger partial charge in [-0.15, -0.1) is 0 Å². The molecule has 0 bridgehead atoms. The summed E-state index contributed by atoms with van der Waals surface area (Å²) >= 11 is 1.31. The number of thiazole rings is 1. The molecule has 0 saturated carbocycles. The van der Waals surface area contributed by atoms with Crippen LogP contribution in [0.3, 0.4) is 0 Å². The number of benzene rings is 2. The second-order valence-corrected chi connectivity index (χ2v) is 7.32. The molecule has 134 valence electrons. The van der Waals surface area contributed by atoms with Gasteiger partial charge in [0.25, 0.3) is 0 Å². The molecule has 27 heavy (non-hydrogen) atoms. The Morgan fingerprint density at radius 1 is 1.07 bits per heavy atom. The first kappa shape index (κ1) is 18.6. The normalized spacial score (nSPS) is 11.1. The van der Waals surface area contributed by atoms with E-state index in [1.807, 2.05) is 68.5 Å². The van der Waals surface area contributed by atoms with Crippen molar-refractivity contribution in [2.75, 3.05) is 5.32 Å². The lowest BCUT2D eigenvalue weighted by atomic mass is 10.1. The van der Waals surface area contributed by atoms with Crippen LogP contribution in [0.4, 0.5) is 5.00 Å². The highest BCUT2D eigenvalue weighted by Gasteiger charge is 2.17. The van der Waals surface area contributed by atoms with Crippen LogP contribution in [0, 0.1) is 25.2 Å². The van der Waals surface area contributed by atoms with Gasteiger partial charge >= 0.3 is 0 Å². The monoisotopic (exact) mass is 373 g/mol. The number of nitriles is 1. The van der Waals surface area contributed by atoms with Crippen LogP contribution in [-0.4, -0.2) is 10.9 Å². The van der Waals surface area contributed by atoms with Gasteiger partial charge in [0.1, 0.15) is 21.8 Å². The first-order valence-corrected chi connectivity index (χ1v) is 9.32. The van der Waals surface area contributed by atoms with Crippen molar-refractivity contribution < 1.29 is 4.79 Å². The average Bonchev–Trinajstić information content (AvgIpc) is 3.04. The third kappa shape index (κ3) is 4.49. The van der Waals surface area contributed by atoms with Crippen molar-refractivity contribution in [3.8, 4) is 17.3 Å². The minimum absolute atomic E-state index is 0.167. The third-order valence-corrected chi connectivity index (χ3v) is 4.99. The number of amides is 1. The van der Waals surface area contributed by atoms with E-state index in [9.17, 15) is 10.1 Å². The zero-order valence-electron chi connectivity index (χ0n) is 15.4. The molecule has 1 N–H and O–H groups in total. The fourth-order valence-corrected chi connectivity index (χ4v) is 3.56. The minimum atomic E-state index is -0.167. The van der Waals surface area contributed by atoms with Crippen LogP contribution in [0.5, 0.6) is 0 Å². The molecular formula is C22H19N3OS. The van der Waals surface area contributed by atoms with E-state index >= 15 is 0 Å². The van der Waals surface area contributed by atoms with Gasteiger partial charge in [0.15, 0.2) is 0 Å². The number of aryl methyl sites for hydroxylation is 2. The van der Waals surface area contributed by atoms with Crippen LogP contribution in [0.1, 0.15) is 28.6 Å². The van der Waals surface area contributed by atoms with Crippen molar-refractivity contribution in [1.82, 2.24) is 4.98 Å². The molecule has 0 spiro atoms. The second kappa shape index (κ2) is 7.98. The molecule has 0 radical (unpaired) electrons. The van der Waals surface area contributed by atoms with E-state index in [1.54, 1.807) is 0 Å². The molecule has 1 amide bonds. The van der Waals surface area contributed by atoms with Crippen LogP contribution in [0.15, 0.2) is 48.5 Å². The molecule has 2 aromatic carbocycles. The molecule has 0 aliphatic heterocycles. The fraction of sp³-hybridized carbons (Fsp3) is 0.136. The number of nitrogens with zero attached hydrogens (tertiary/aromatic N) is 2. The van der Waals surface area contributed by atoms with Crippen LogP contribution >= 0.6 is 11.3 Å². The summed E-state index contributed by atoms with van der Waals surface area (Å²) in [7, 11) is 0. The van der Waals surface area contributed by atoms with Gasteiger partial charge < -0.3 is 5.32 Å². The predicted octanol–water partition coefficient (Wildman–Crippen LogP) is 5.45. The first-order valence-electron chi connectivity index (χ1n) is 8.50. The molecule has 0 aliphatic rings. The maximum Gasteiger partial charge on any atom is 0.221 e. The lowest BCUT2D eigenvalue weighted by Crippen LogP contribution is -2.05. The van der Waals surface area contributed by atoms with E-state index in [1.165, 1.54) is 18.3 Å². The lowest BCUT2D eigenvalue weighted by molar-refractivity contribution is -0.114. The molecule has 0 fully saturated rings. The van der Waals surface area contributed by atoms with E-state index in [4.69, 9.17) is 0 Å². The highest BCUT2D eigenvalue weighted by molar-refractivity contribution is 7.17. The Balaban J connectivity index is 2.06. The van der Waals surface area contributed by atoms with Crippen LogP contribution < -0.4 is 5.32 Å². The van der Waals surface area contributed by atoms with Gasteiger partial charge in [0.2, 0.25) is 5.91 Å². The number of allylic oxidation sites excluding steroid dienone is 1. The molecule has 3 aromatic rings. The Kier molecular flexibility index (Phi) is 5.49. The second-order valence-electron chi connectivity index (χ2n) is 6.32. The summed E-state index contributed by atoms with van der Waals surface area (Å²) in [6.07, 6.45) is 1.81. The Morgan fingerprint density at radius 3 is 2.22 bits per heavy atom. The van der Waals surface area contributed by atoms with Gasteiger partial charge in [0.05, 0.1) is 5.57 Å². The van der Waals surface area contributed by atoms with E-state index in [0.29, 0.717) is 21.3 Å². The summed E-state index contributed by atoms with van der Waals surface area (Å²) in [5.74, 6) is -0.167. The van der Waals surface area contributed by atoms with Crippen molar-refractivity contribution in [1.29, 1.82) is 5.26 Å². The van der Waals surface area contributed by atoms with E-state index in [-0.39, 0.29) is 5.91 Å². The molecule has 1 heterocycles. The first-order chi connectivity index (χ1) is 13.0. The number of aromatic nitrogens is 1. The molecule has 0 unspecified atom stereocenters. The zero-order chi connectivity index (χ0) is 19.4. The van der Waals surface area contributed by atoms with Crippen molar-refractivity contribution >= 4 is 33.9 Å². The number of rotatable bonds is 4. The standard InChI is InChI=1S/C22H19N3OS/c1-14-4-8-17(9-5-14)12-19(13-23)21-25-20(22(27-21)24-16(3)26)18-10-6-15(2)7-11-18/h4-12H,1-3H3,(H,24,26)/b19-12+. The van der Waals surface area contributed by atoms with Crippen molar-refractivity contribution in [3.63, 3.8) is 0 Å². The highest BCUT2D eigenvalue weighted by atomic mass is 32.1. The summed E-state index contributed by atoms with van der Waals surface area (Å²) in [5, 5.41) is 13.7. The maximum atomic E-state index is 11.6. The SMILES string of the molecule is CC(=O)Nc1sc(/C(C#N)=C/c2ccc(C)cc2)nc1-c1ccc(C)cc1. The molecule has 5 heteroatoms. The van der Waals surface area contributed by atoms with Gasteiger partial charge in [0, 0.05) is 12.5 Å². The van der Waals surface area contributed by atoms with Crippen molar-refractivity contribution in [2.24, 2.45) is 0 Å². The average molecular weight is 373 g/mol. The smallest absolute Gasteiger partial charge is 0.221 e. The topological polar surface area (TPSA) is 65.8 Å². The molecule has 4 nitrogen and oxygen atoms in total. The predicted molar refractivity (Wildman–Crippen MR) is 111 cm³/mol. The summed E-state index contributed by atoms with van der Waals surface area (Å²) in [4.78, 5) is 16.3. The van der Waals surface area contributed by atoms with Gasteiger partial charge in [-0.1, -0.05) is 71.0 Å². The molecule has 3 rings (SSSR count). The van der Waals surface area contributed by atoms with Crippen LogP contribution in [0.2, 0.25) is 0 Å². The largest absolute Gasteiger partial charge is 0.316 e. The van der Waals surface area contributed by atoms with Gasteiger partial charge in [-0.2, -0.15) is 5.26 Å². The minimum Gasteiger partial charge on any atom is -0.316 e. The zero-order valence-corrected chi connectivity index (χ0v) is 16.2. The quantitative estimate of drug-likeness (QED) is 0.618. The van der Waals surface area contributed by atoms with Gasteiger partial charge in [-0.3, -0.25) is 4.79 Å². The Hall–Kier alpha value is -3.23. The summed E-state index contributed by atoms with van der Waals surface area (Å²) in [5.41, 5.74) is 5.29. The molecule has 0 saturated heterocycles. The van der Waals surface area contributed by atoms with Crippen LogP contribution in [0.25, 0.3) is 22.9 Å². The summed E-state index contributed by atoms with van der Waals surface area (Å²) in [6.45, 7) is 5.50. The lowest BCUT2D eigenvalue weighted by Gasteiger charge is -2.03. The molecule has 0 aliphatic carbocycles. The number of carbonyl (C=O) groups is 1. The van der Waals surface area contributed by atoms with Crippen molar-refractivity contribution in [3.05, 3.63) is 70.2 Å². The number of nitrogens with one attached hydrogen (secondary N) is 1. The highest BCUT2D eigenvalue weighted by Crippen LogP contribution is 2.36. The van der Waals surface area contributed by atoms with Crippen molar-refractivity contribution in [2.45, 2.75) is 20.8 Å². The van der Waals surface area contributed by atoms with E-state index < -0.39 is 0 Å². The van der Waals surface area contributed by atoms with Gasteiger partial charge in [-0.05, 0) is 25.5 Å². The fourth-order valence-electron chi connectivity index (χ4n) is 2.56. The Morgan fingerprint density at radius 2 is 1.67 bits per heavy atom. The van der Waals surface area contributed by atoms with Gasteiger partial charge in [-0.25, -0.2) is 4.98 Å². The Bertz CT molecular complexity index is 1040. The number of hydrogen-bond donors (Lipinski definition) is 1. The number of anilines is 1. The number of hydrogen-bond acceptors (Lipinski definition) is 4. The molecule has 0 atom stereocenters. The number of carbonyl (C=O) groups excluding carboxylic acids is 1. The van der Waals surface area contributed by atoms with E-state index in [0.717, 1.165) is 22.3 Å². The molecule has 1 aromatic heterocycles. The Labute approximate surface area is 162 Å². The summed E-state index contributed by atoms with van der Waals surface area (Å²) < 4.78 is 0. The maximum absolute atomic E-state index is 11.6. The van der Waals surface area contributed by atoms with E-state index in [2.05, 4.69) is 16.4 Å².